The SMILES string of the molecule is C[Si](C)(C)OCOC1=C(C2=Cc3ccccc3C2)CC=C1. The molecule has 3 heteroatoms. The smallest absolute Gasteiger partial charge is 0.188 e. The number of fused-ring (bicyclic) bond motifs is 1. The van der Waals surface area contributed by atoms with Crippen molar-refractivity contribution in [3.63, 3.8) is 0 Å². The fourth-order valence-electron chi connectivity index (χ4n) is 2.65. The van der Waals surface area contributed by atoms with Gasteiger partial charge in [-0.25, -0.2) is 0 Å². The standard InChI is InChI=1S/C18H22O2Si/c1-21(2,3)20-13-19-18-10-6-9-17(18)16-11-14-7-4-5-8-15(14)12-16/h4-8,10-11H,9,12-13H2,1-3H3. The molecule has 2 nitrogen and oxygen atoms in total. The van der Waals surface area contributed by atoms with Crippen LogP contribution in [0.15, 0.2) is 53.3 Å². The number of allylic oxidation sites excluding steroid dienone is 4. The van der Waals surface area contributed by atoms with E-state index in [1.807, 2.05) is 0 Å². The highest BCUT2D eigenvalue weighted by Crippen LogP contribution is 2.35. The molecule has 0 saturated heterocycles. The monoisotopic (exact) mass is 298 g/mol. The van der Waals surface area contributed by atoms with E-state index in [1.54, 1.807) is 0 Å². The Bertz CT molecular complexity index is 633. The van der Waals surface area contributed by atoms with Gasteiger partial charge in [-0.2, -0.15) is 0 Å². The van der Waals surface area contributed by atoms with Gasteiger partial charge in [0.05, 0.1) is 0 Å². The predicted octanol–water partition coefficient (Wildman–Crippen LogP) is 4.67. The van der Waals surface area contributed by atoms with Gasteiger partial charge in [0.2, 0.25) is 0 Å². The first-order valence-electron chi connectivity index (χ1n) is 7.48. The largest absolute Gasteiger partial charge is 0.468 e. The van der Waals surface area contributed by atoms with Crippen molar-refractivity contribution in [2.45, 2.75) is 32.5 Å². The van der Waals surface area contributed by atoms with Gasteiger partial charge in [-0.15, -0.1) is 0 Å². The van der Waals surface area contributed by atoms with Gasteiger partial charge in [0.25, 0.3) is 0 Å². The maximum Gasteiger partial charge on any atom is 0.188 e. The zero-order chi connectivity index (χ0) is 14.9. The summed E-state index contributed by atoms with van der Waals surface area (Å²) in [6.45, 7) is 6.88. The first-order valence-corrected chi connectivity index (χ1v) is 10.9. The first kappa shape index (κ1) is 14.4. The molecule has 2 aliphatic carbocycles. The van der Waals surface area contributed by atoms with Gasteiger partial charge in [-0.1, -0.05) is 36.4 Å². The number of hydrogen-bond donors (Lipinski definition) is 0. The average molecular weight is 298 g/mol. The first-order chi connectivity index (χ1) is 10.0. The van der Waals surface area contributed by atoms with E-state index in [-0.39, 0.29) is 0 Å². The van der Waals surface area contributed by atoms with Gasteiger partial charge in [0.15, 0.2) is 15.1 Å². The number of benzene rings is 1. The van der Waals surface area contributed by atoms with Crippen molar-refractivity contribution in [3.8, 4) is 0 Å². The Hall–Kier alpha value is -1.58. The van der Waals surface area contributed by atoms with Crippen LogP contribution < -0.4 is 0 Å². The van der Waals surface area contributed by atoms with E-state index >= 15 is 0 Å². The molecule has 0 spiro atoms. The second kappa shape index (κ2) is 5.66. The Kier molecular flexibility index (Phi) is 3.87. The van der Waals surface area contributed by atoms with Crippen LogP contribution >= 0.6 is 0 Å². The molecule has 0 atom stereocenters. The molecular weight excluding hydrogens is 276 g/mol. The number of rotatable bonds is 5. The summed E-state index contributed by atoms with van der Waals surface area (Å²) in [5.41, 5.74) is 5.43. The molecule has 0 fully saturated rings. The number of hydrogen-bond acceptors (Lipinski definition) is 2. The van der Waals surface area contributed by atoms with Crippen LogP contribution in [0.5, 0.6) is 0 Å². The Morgan fingerprint density at radius 1 is 1.14 bits per heavy atom. The van der Waals surface area contributed by atoms with Crippen LogP contribution in [-0.2, 0) is 15.6 Å². The summed E-state index contributed by atoms with van der Waals surface area (Å²) in [5, 5.41) is 0. The zero-order valence-electron chi connectivity index (χ0n) is 13.0. The minimum Gasteiger partial charge on any atom is -0.468 e. The topological polar surface area (TPSA) is 18.5 Å². The third-order valence-corrected chi connectivity index (χ3v) is 4.73. The predicted molar refractivity (Wildman–Crippen MR) is 89.3 cm³/mol. The summed E-state index contributed by atoms with van der Waals surface area (Å²) in [6, 6.07) is 8.59. The summed E-state index contributed by atoms with van der Waals surface area (Å²) in [7, 11) is -1.52. The van der Waals surface area contributed by atoms with Crippen LogP contribution in [0, 0.1) is 0 Å². The molecule has 3 rings (SSSR count). The van der Waals surface area contributed by atoms with Gasteiger partial charge in [0.1, 0.15) is 5.76 Å². The van der Waals surface area contributed by atoms with Crippen molar-refractivity contribution in [2.24, 2.45) is 0 Å². The molecule has 0 aliphatic heterocycles. The Morgan fingerprint density at radius 2 is 1.95 bits per heavy atom. The lowest BCUT2D eigenvalue weighted by Gasteiger charge is -2.18. The van der Waals surface area contributed by atoms with Crippen molar-refractivity contribution in [3.05, 3.63) is 64.4 Å². The van der Waals surface area contributed by atoms with Gasteiger partial charge in [0, 0.05) is 5.57 Å². The van der Waals surface area contributed by atoms with Gasteiger partial charge < -0.3 is 9.16 Å². The lowest BCUT2D eigenvalue weighted by atomic mass is 10.0. The third-order valence-electron chi connectivity index (χ3n) is 3.75. The lowest BCUT2D eigenvalue weighted by Crippen LogP contribution is -2.26. The highest BCUT2D eigenvalue weighted by atomic mass is 28.4. The molecule has 0 saturated carbocycles. The molecule has 2 aliphatic rings. The Morgan fingerprint density at radius 3 is 2.71 bits per heavy atom. The second-order valence-corrected chi connectivity index (χ2v) is 11.0. The summed E-state index contributed by atoms with van der Waals surface area (Å²) >= 11 is 0. The molecule has 0 bridgehead atoms. The van der Waals surface area contributed by atoms with Gasteiger partial charge >= 0.3 is 0 Å². The normalized spacial score (nSPS) is 17.2. The highest BCUT2D eigenvalue weighted by Gasteiger charge is 2.21. The van der Waals surface area contributed by atoms with Crippen LogP contribution in [-0.4, -0.2) is 15.1 Å². The van der Waals surface area contributed by atoms with Gasteiger partial charge in [-0.05, 0) is 55.3 Å². The quantitative estimate of drug-likeness (QED) is 0.581. The minimum absolute atomic E-state index is 0.360. The molecule has 0 unspecified atom stereocenters. The van der Waals surface area contributed by atoms with Crippen molar-refractivity contribution >= 4 is 14.4 Å². The van der Waals surface area contributed by atoms with E-state index in [2.05, 4.69) is 62.1 Å². The maximum absolute atomic E-state index is 5.87. The zero-order valence-corrected chi connectivity index (χ0v) is 14.0. The van der Waals surface area contributed by atoms with Crippen molar-refractivity contribution in [1.82, 2.24) is 0 Å². The summed E-state index contributed by atoms with van der Waals surface area (Å²) in [5.74, 6) is 0.979. The maximum atomic E-state index is 5.87. The average Bonchev–Trinajstić information content (AvgIpc) is 3.02. The van der Waals surface area contributed by atoms with E-state index in [0.717, 1.165) is 18.6 Å². The van der Waals surface area contributed by atoms with E-state index < -0.39 is 8.32 Å². The summed E-state index contributed by atoms with van der Waals surface area (Å²) in [4.78, 5) is 0. The van der Waals surface area contributed by atoms with E-state index in [4.69, 9.17) is 9.16 Å². The van der Waals surface area contributed by atoms with E-state index in [0.29, 0.717) is 6.79 Å². The number of ether oxygens (including phenoxy) is 1. The van der Waals surface area contributed by atoms with Crippen molar-refractivity contribution in [1.29, 1.82) is 0 Å². The fraction of sp³-hybridized carbons (Fsp3) is 0.333. The molecule has 0 aromatic heterocycles. The molecule has 1 aromatic rings. The van der Waals surface area contributed by atoms with Crippen LogP contribution in [0.25, 0.3) is 6.08 Å². The molecule has 1 aromatic carbocycles. The molecular formula is C18H22O2Si. The molecule has 0 amide bonds. The van der Waals surface area contributed by atoms with Gasteiger partial charge in [-0.3, -0.25) is 0 Å². The molecule has 0 heterocycles. The highest BCUT2D eigenvalue weighted by molar-refractivity contribution is 6.69. The Balaban J connectivity index is 1.72. The van der Waals surface area contributed by atoms with Crippen molar-refractivity contribution in [2.75, 3.05) is 6.79 Å². The molecule has 0 N–H and O–H groups in total. The van der Waals surface area contributed by atoms with Crippen molar-refractivity contribution < 1.29 is 9.16 Å². The van der Waals surface area contributed by atoms with E-state index in [1.165, 1.54) is 22.3 Å². The Labute approximate surface area is 127 Å². The van der Waals surface area contributed by atoms with Crippen LogP contribution in [0.1, 0.15) is 17.5 Å². The van der Waals surface area contributed by atoms with E-state index in [9.17, 15) is 0 Å². The molecule has 0 radical (unpaired) electrons. The second-order valence-electron chi connectivity index (χ2n) is 6.51. The third kappa shape index (κ3) is 3.36. The fourth-order valence-corrected chi connectivity index (χ4v) is 3.07. The van der Waals surface area contributed by atoms with Crippen LogP contribution in [0.4, 0.5) is 0 Å². The summed E-state index contributed by atoms with van der Waals surface area (Å²) in [6.07, 6.45) is 8.51. The lowest BCUT2D eigenvalue weighted by molar-refractivity contribution is 0.0609. The summed E-state index contributed by atoms with van der Waals surface area (Å²) < 4.78 is 11.7. The molecule has 21 heavy (non-hydrogen) atoms. The molecule has 110 valence electrons. The van der Waals surface area contributed by atoms with Crippen LogP contribution in [0.2, 0.25) is 19.6 Å². The minimum atomic E-state index is -1.52. The van der Waals surface area contributed by atoms with Crippen LogP contribution in [0.3, 0.4) is 0 Å².